The number of carbonyl (C=O) groups is 1. The number of methoxy groups -OCH3 is 1. The van der Waals surface area contributed by atoms with Crippen LogP contribution in [0.5, 0.6) is 0 Å². The van der Waals surface area contributed by atoms with Crippen LogP contribution in [0.3, 0.4) is 0 Å². The first-order chi connectivity index (χ1) is 11.5. The summed E-state index contributed by atoms with van der Waals surface area (Å²) in [5.74, 6) is -3.92. The van der Waals surface area contributed by atoms with Gasteiger partial charge in [0.25, 0.3) is 0 Å². The Labute approximate surface area is 137 Å². The number of carbonyl (C=O) groups excluding carboxylic acids is 1. The molecular formula is C18H16F3NO2. The lowest BCUT2D eigenvalue weighted by Crippen LogP contribution is -2.17. The van der Waals surface area contributed by atoms with E-state index in [1.165, 1.54) is 7.11 Å². The van der Waals surface area contributed by atoms with Crippen LogP contribution in [0.2, 0.25) is 0 Å². The summed E-state index contributed by atoms with van der Waals surface area (Å²) < 4.78 is 44.7. The molecule has 2 aromatic rings. The van der Waals surface area contributed by atoms with Crippen LogP contribution in [0.15, 0.2) is 54.2 Å². The van der Waals surface area contributed by atoms with E-state index in [4.69, 9.17) is 0 Å². The van der Waals surface area contributed by atoms with Gasteiger partial charge in [-0.1, -0.05) is 30.3 Å². The minimum Gasteiger partial charge on any atom is -0.466 e. The molecule has 0 atom stereocenters. The highest BCUT2D eigenvalue weighted by atomic mass is 19.2. The number of hydrogen-bond donors (Lipinski definition) is 1. The Morgan fingerprint density at radius 2 is 1.75 bits per heavy atom. The summed E-state index contributed by atoms with van der Waals surface area (Å²) in [6.07, 6.45) is 1.05. The molecule has 0 saturated heterocycles. The Balaban J connectivity index is 2.19. The van der Waals surface area contributed by atoms with Gasteiger partial charge in [-0.3, -0.25) is 0 Å². The smallest absolute Gasteiger partial charge is 0.332 e. The largest absolute Gasteiger partial charge is 0.466 e. The fourth-order valence-corrected chi connectivity index (χ4v) is 2.08. The highest BCUT2D eigenvalue weighted by Gasteiger charge is 2.12. The van der Waals surface area contributed by atoms with Gasteiger partial charge in [0.1, 0.15) is 5.82 Å². The highest BCUT2D eigenvalue weighted by molar-refractivity contribution is 5.82. The van der Waals surface area contributed by atoms with Crippen LogP contribution in [0.1, 0.15) is 11.1 Å². The van der Waals surface area contributed by atoms with E-state index >= 15 is 0 Å². The van der Waals surface area contributed by atoms with Crippen molar-refractivity contribution in [2.75, 3.05) is 7.11 Å². The van der Waals surface area contributed by atoms with Gasteiger partial charge in [-0.2, -0.15) is 0 Å². The van der Waals surface area contributed by atoms with E-state index in [0.29, 0.717) is 18.3 Å². The molecule has 0 aromatic heterocycles. The van der Waals surface area contributed by atoms with Gasteiger partial charge in [-0.05, 0) is 17.2 Å². The van der Waals surface area contributed by atoms with E-state index in [2.05, 4.69) is 10.1 Å². The standard InChI is InChI=1S/C18H16F3NO2/c1-24-18(23)9-14(22-11-12-5-3-2-4-6-12)7-13-8-16(20)17(21)10-15(13)19/h2-6,8-10,22H,7,11H2,1H3/b14-9-. The van der Waals surface area contributed by atoms with E-state index in [1.807, 2.05) is 30.3 Å². The van der Waals surface area contributed by atoms with Crippen molar-refractivity contribution >= 4 is 5.97 Å². The van der Waals surface area contributed by atoms with Gasteiger partial charge in [0, 0.05) is 30.8 Å². The van der Waals surface area contributed by atoms with Crippen LogP contribution >= 0.6 is 0 Å². The normalized spacial score (nSPS) is 11.2. The Bertz CT molecular complexity index is 745. The van der Waals surface area contributed by atoms with Gasteiger partial charge < -0.3 is 10.1 Å². The molecule has 3 nitrogen and oxygen atoms in total. The van der Waals surface area contributed by atoms with Crippen molar-refractivity contribution in [3.8, 4) is 0 Å². The van der Waals surface area contributed by atoms with Crippen molar-refractivity contribution < 1.29 is 22.7 Å². The fourth-order valence-electron chi connectivity index (χ4n) is 2.08. The summed E-state index contributed by atoms with van der Waals surface area (Å²) in [5.41, 5.74) is 1.21. The molecule has 24 heavy (non-hydrogen) atoms. The molecule has 0 amide bonds. The van der Waals surface area contributed by atoms with Gasteiger partial charge in [-0.25, -0.2) is 18.0 Å². The highest BCUT2D eigenvalue weighted by Crippen LogP contribution is 2.17. The van der Waals surface area contributed by atoms with Crippen LogP contribution in [-0.2, 0) is 22.5 Å². The average molecular weight is 335 g/mol. The van der Waals surface area contributed by atoms with Crippen molar-refractivity contribution in [2.24, 2.45) is 0 Å². The van der Waals surface area contributed by atoms with E-state index in [9.17, 15) is 18.0 Å². The topological polar surface area (TPSA) is 38.3 Å². The lowest BCUT2D eigenvalue weighted by atomic mass is 10.1. The molecule has 2 aromatic carbocycles. The Morgan fingerprint density at radius 1 is 1.08 bits per heavy atom. The predicted octanol–water partition coefficient (Wildman–Crippen LogP) is 3.49. The number of ether oxygens (including phenoxy) is 1. The molecule has 0 spiro atoms. The van der Waals surface area contributed by atoms with Crippen molar-refractivity contribution in [1.82, 2.24) is 5.32 Å². The minimum absolute atomic E-state index is 0.0652. The van der Waals surface area contributed by atoms with Crippen molar-refractivity contribution in [3.63, 3.8) is 0 Å². The van der Waals surface area contributed by atoms with Crippen molar-refractivity contribution in [1.29, 1.82) is 0 Å². The summed E-state index contributed by atoms with van der Waals surface area (Å²) in [5, 5.41) is 2.99. The number of allylic oxidation sites excluding steroid dienone is 1. The molecular weight excluding hydrogens is 319 g/mol. The first-order valence-electron chi connectivity index (χ1n) is 7.19. The fraction of sp³-hybridized carbons (Fsp3) is 0.167. The maximum atomic E-state index is 13.8. The monoisotopic (exact) mass is 335 g/mol. The van der Waals surface area contributed by atoms with E-state index in [1.54, 1.807) is 0 Å². The van der Waals surface area contributed by atoms with Crippen LogP contribution in [0.25, 0.3) is 0 Å². The van der Waals surface area contributed by atoms with Crippen molar-refractivity contribution in [3.05, 3.63) is 82.8 Å². The zero-order chi connectivity index (χ0) is 17.5. The summed E-state index contributed by atoms with van der Waals surface area (Å²) in [4.78, 5) is 11.5. The summed E-state index contributed by atoms with van der Waals surface area (Å²) >= 11 is 0. The molecule has 0 aliphatic rings. The third-order valence-corrected chi connectivity index (χ3v) is 3.33. The molecule has 6 heteroatoms. The van der Waals surface area contributed by atoms with Gasteiger partial charge in [-0.15, -0.1) is 0 Å². The third kappa shape index (κ3) is 4.87. The molecule has 0 unspecified atom stereocenters. The van der Waals surface area contributed by atoms with Crippen LogP contribution in [0, 0.1) is 17.5 Å². The number of hydrogen-bond acceptors (Lipinski definition) is 3. The maximum absolute atomic E-state index is 13.8. The van der Waals surface area contributed by atoms with Crippen LogP contribution in [0.4, 0.5) is 13.2 Å². The van der Waals surface area contributed by atoms with Crippen LogP contribution in [-0.4, -0.2) is 13.1 Å². The Hall–Kier alpha value is -2.76. The second kappa shape index (κ2) is 8.19. The molecule has 0 bridgehead atoms. The molecule has 126 valence electrons. The quantitative estimate of drug-likeness (QED) is 0.499. The first-order valence-corrected chi connectivity index (χ1v) is 7.19. The molecule has 0 aliphatic carbocycles. The average Bonchev–Trinajstić information content (AvgIpc) is 2.58. The number of benzene rings is 2. The van der Waals surface area contributed by atoms with E-state index in [-0.39, 0.29) is 12.0 Å². The Morgan fingerprint density at radius 3 is 2.42 bits per heavy atom. The van der Waals surface area contributed by atoms with Gasteiger partial charge in [0.15, 0.2) is 11.6 Å². The third-order valence-electron chi connectivity index (χ3n) is 3.33. The van der Waals surface area contributed by atoms with E-state index in [0.717, 1.165) is 17.7 Å². The van der Waals surface area contributed by atoms with Gasteiger partial charge in [0.2, 0.25) is 0 Å². The minimum atomic E-state index is -1.26. The lowest BCUT2D eigenvalue weighted by molar-refractivity contribution is -0.134. The SMILES string of the molecule is COC(=O)/C=C(/Cc1cc(F)c(F)cc1F)NCc1ccccc1. The summed E-state index contributed by atoms with van der Waals surface area (Å²) in [6, 6.07) is 10.6. The maximum Gasteiger partial charge on any atom is 0.332 e. The van der Waals surface area contributed by atoms with Gasteiger partial charge >= 0.3 is 5.97 Å². The number of nitrogens with one attached hydrogen (secondary N) is 1. The zero-order valence-corrected chi connectivity index (χ0v) is 13.0. The van der Waals surface area contributed by atoms with Crippen LogP contribution < -0.4 is 5.32 Å². The Kier molecular flexibility index (Phi) is 6.01. The molecule has 1 N–H and O–H groups in total. The molecule has 0 heterocycles. The van der Waals surface area contributed by atoms with E-state index < -0.39 is 23.4 Å². The molecule has 0 radical (unpaired) electrons. The van der Waals surface area contributed by atoms with Gasteiger partial charge in [0.05, 0.1) is 7.11 Å². The second-order valence-corrected chi connectivity index (χ2v) is 5.07. The molecule has 0 aliphatic heterocycles. The first kappa shape index (κ1) is 17.6. The predicted molar refractivity (Wildman–Crippen MR) is 83.4 cm³/mol. The van der Waals surface area contributed by atoms with Crippen molar-refractivity contribution in [2.45, 2.75) is 13.0 Å². The number of esters is 1. The summed E-state index contributed by atoms with van der Waals surface area (Å²) in [7, 11) is 1.21. The zero-order valence-electron chi connectivity index (χ0n) is 13.0. The number of halogens is 3. The second-order valence-electron chi connectivity index (χ2n) is 5.07. The lowest BCUT2D eigenvalue weighted by Gasteiger charge is -2.12. The molecule has 0 saturated carbocycles. The summed E-state index contributed by atoms with van der Waals surface area (Å²) in [6.45, 7) is 0.384. The number of rotatable bonds is 6. The molecule has 2 rings (SSSR count). The molecule has 0 fully saturated rings.